The summed E-state index contributed by atoms with van der Waals surface area (Å²) in [6.45, 7) is 0. The van der Waals surface area contributed by atoms with E-state index < -0.39 is 5.82 Å². The average molecular weight is 276 g/mol. The maximum absolute atomic E-state index is 13.0. The molecular weight excluding hydrogens is 272 g/mol. The van der Waals surface area contributed by atoms with Gasteiger partial charge in [0.05, 0.1) is 0 Å². The van der Waals surface area contributed by atoms with Crippen molar-refractivity contribution >= 4 is 27.5 Å². The van der Waals surface area contributed by atoms with Crippen molar-refractivity contribution in [2.45, 2.75) is 0 Å². The second kappa shape index (κ2) is 3.67. The summed E-state index contributed by atoms with van der Waals surface area (Å²) in [4.78, 5) is 3.93. The third-order valence-corrected chi connectivity index (χ3v) is 2.37. The van der Waals surface area contributed by atoms with Crippen LogP contribution in [0.15, 0.2) is 29.1 Å². The van der Waals surface area contributed by atoms with Crippen molar-refractivity contribution in [1.82, 2.24) is 14.8 Å². The predicted octanol–water partition coefficient (Wildman–Crippen LogP) is 2.82. The van der Waals surface area contributed by atoms with Gasteiger partial charge in [-0.2, -0.15) is 5.10 Å². The monoisotopic (exact) mass is 275 g/mol. The van der Waals surface area contributed by atoms with Crippen LogP contribution in [0.4, 0.5) is 4.39 Å². The van der Waals surface area contributed by atoms with E-state index in [1.807, 2.05) is 0 Å². The molecule has 0 unspecified atom stereocenters. The molecule has 0 spiro atoms. The molecule has 0 saturated carbocycles. The van der Waals surface area contributed by atoms with Gasteiger partial charge in [-0.25, -0.2) is 14.1 Å². The molecule has 2 heterocycles. The fourth-order valence-corrected chi connectivity index (χ4v) is 1.48. The minimum absolute atomic E-state index is 0.0388. The van der Waals surface area contributed by atoms with E-state index in [4.69, 9.17) is 11.6 Å². The van der Waals surface area contributed by atoms with Gasteiger partial charge in [-0.1, -0.05) is 11.6 Å². The van der Waals surface area contributed by atoms with Crippen LogP contribution in [-0.2, 0) is 0 Å². The number of aromatic nitrogens is 3. The number of rotatable bonds is 1. The van der Waals surface area contributed by atoms with Crippen molar-refractivity contribution in [1.29, 1.82) is 0 Å². The van der Waals surface area contributed by atoms with Gasteiger partial charge in [0.25, 0.3) is 0 Å². The summed E-state index contributed by atoms with van der Waals surface area (Å²) in [5, 5.41) is 3.96. The Morgan fingerprint density at radius 1 is 1.43 bits per heavy atom. The molecule has 0 saturated heterocycles. The van der Waals surface area contributed by atoms with E-state index in [9.17, 15) is 4.39 Å². The van der Waals surface area contributed by atoms with Crippen molar-refractivity contribution in [3.63, 3.8) is 0 Å². The fraction of sp³-hybridized carbons (Fsp3) is 0. The fourth-order valence-electron chi connectivity index (χ4n) is 0.989. The van der Waals surface area contributed by atoms with Crippen LogP contribution in [-0.4, -0.2) is 14.8 Å². The van der Waals surface area contributed by atoms with Crippen LogP contribution in [0.25, 0.3) is 5.82 Å². The second-order valence-corrected chi connectivity index (χ2v) is 3.70. The Kier molecular flexibility index (Phi) is 2.52. The number of pyridine rings is 1. The van der Waals surface area contributed by atoms with E-state index >= 15 is 0 Å². The third-order valence-electron chi connectivity index (χ3n) is 1.60. The van der Waals surface area contributed by atoms with Crippen molar-refractivity contribution in [3.8, 4) is 5.82 Å². The smallest absolute Gasteiger partial charge is 0.175 e. The van der Waals surface area contributed by atoms with E-state index in [-0.39, 0.29) is 10.8 Å². The largest absolute Gasteiger partial charge is 0.236 e. The maximum atomic E-state index is 13.0. The highest BCUT2D eigenvalue weighted by atomic mass is 79.9. The summed E-state index contributed by atoms with van der Waals surface area (Å²) in [5.41, 5.74) is 0. The standard InChI is InChI=1S/C8H4BrClFN3/c9-6-2-4-14(13-6)8-7(10)5(11)1-3-12-8/h1-4H. The van der Waals surface area contributed by atoms with Crippen LogP contribution in [0, 0.1) is 5.82 Å². The number of hydrogen-bond acceptors (Lipinski definition) is 2. The minimum atomic E-state index is -0.511. The summed E-state index contributed by atoms with van der Waals surface area (Å²) in [6, 6.07) is 2.91. The van der Waals surface area contributed by atoms with Gasteiger partial charge in [0, 0.05) is 12.4 Å². The summed E-state index contributed by atoms with van der Waals surface area (Å²) in [6.07, 6.45) is 2.98. The third kappa shape index (κ3) is 1.65. The molecule has 0 aliphatic rings. The molecular formula is C8H4BrClFN3. The summed E-state index contributed by atoms with van der Waals surface area (Å²) >= 11 is 8.90. The second-order valence-electron chi connectivity index (χ2n) is 2.51. The molecule has 0 radical (unpaired) electrons. The Morgan fingerprint density at radius 2 is 2.21 bits per heavy atom. The molecule has 0 atom stereocenters. The Hall–Kier alpha value is -0.940. The molecule has 14 heavy (non-hydrogen) atoms. The maximum Gasteiger partial charge on any atom is 0.175 e. The van der Waals surface area contributed by atoms with E-state index in [1.165, 1.54) is 16.9 Å². The molecule has 2 aromatic rings. The highest BCUT2D eigenvalue weighted by Gasteiger charge is 2.09. The van der Waals surface area contributed by atoms with Crippen molar-refractivity contribution in [2.24, 2.45) is 0 Å². The quantitative estimate of drug-likeness (QED) is 0.802. The predicted molar refractivity (Wildman–Crippen MR) is 54.0 cm³/mol. The first-order valence-corrected chi connectivity index (χ1v) is 4.87. The molecule has 0 N–H and O–H groups in total. The van der Waals surface area contributed by atoms with E-state index in [0.29, 0.717) is 4.60 Å². The van der Waals surface area contributed by atoms with Gasteiger partial charge < -0.3 is 0 Å². The highest BCUT2D eigenvalue weighted by Crippen LogP contribution is 2.21. The molecule has 2 rings (SSSR count). The van der Waals surface area contributed by atoms with Gasteiger partial charge in [0.1, 0.15) is 15.4 Å². The highest BCUT2D eigenvalue weighted by molar-refractivity contribution is 9.10. The van der Waals surface area contributed by atoms with Crippen LogP contribution in [0.5, 0.6) is 0 Å². The molecule has 0 fully saturated rings. The lowest BCUT2D eigenvalue weighted by molar-refractivity contribution is 0.622. The molecule has 0 bridgehead atoms. The van der Waals surface area contributed by atoms with Gasteiger partial charge >= 0.3 is 0 Å². The zero-order chi connectivity index (χ0) is 10.1. The molecule has 0 aromatic carbocycles. The van der Waals surface area contributed by atoms with Crippen LogP contribution in [0.2, 0.25) is 5.02 Å². The summed E-state index contributed by atoms with van der Waals surface area (Å²) in [5.74, 6) is -0.236. The lowest BCUT2D eigenvalue weighted by atomic mass is 10.4. The zero-order valence-corrected chi connectivity index (χ0v) is 9.13. The van der Waals surface area contributed by atoms with E-state index in [0.717, 1.165) is 0 Å². The summed E-state index contributed by atoms with van der Waals surface area (Å²) < 4.78 is 15.1. The van der Waals surface area contributed by atoms with Crippen LogP contribution >= 0.6 is 27.5 Å². The zero-order valence-electron chi connectivity index (χ0n) is 6.78. The first kappa shape index (κ1) is 9.61. The first-order chi connectivity index (χ1) is 6.68. The summed E-state index contributed by atoms with van der Waals surface area (Å²) in [7, 11) is 0. The van der Waals surface area contributed by atoms with Crippen LogP contribution in [0.1, 0.15) is 0 Å². The normalized spacial score (nSPS) is 10.5. The lowest BCUT2D eigenvalue weighted by Crippen LogP contribution is -2.00. The molecule has 0 aliphatic carbocycles. The number of halogens is 3. The molecule has 0 amide bonds. The Morgan fingerprint density at radius 3 is 2.86 bits per heavy atom. The molecule has 2 aromatic heterocycles. The molecule has 6 heteroatoms. The molecule has 3 nitrogen and oxygen atoms in total. The SMILES string of the molecule is Fc1ccnc(-n2ccc(Br)n2)c1Cl. The van der Waals surface area contributed by atoms with Crippen LogP contribution in [0.3, 0.4) is 0 Å². The minimum Gasteiger partial charge on any atom is -0.236 e. The van der Waals surface area contributed by atoms with Gasteiger partial charge in [0.15, 0.2) is 5.82 Å². The molecule has 72 valence electrons. The Balaban J connectivity index is 2.57. The van der Waals surface area contributed by atoms with Crippen molar-refractivity contribution in [3.05, 3.63) is 40.0 Å². The number of nitrogens with zero attached hydrogens (tertiary/aromatic N) is 3. The van der Waals surface area contributed by atoms with E-state index in [1.54, 1.807) is 12.3 Å². The van der Waals surface area contributed by atoms with Crippen LogP contribution < -0.4 is 0 Å². The van der Waals surface area contributed by atoms with Gasteiger partial charge in [-0.3, -0.25) is 0 Å². The van der Waals surface area contributed by atoms with Gasteiger partial charge in [-0.15, -0.1) is 0 Å². The van der Waals surface area contributed by atoms with Gasteiger partial charge in [-0.05, 0) is 28.1 Å². The topological polar surface area (TPSA) is 30.7 Å². The van der Waals surface area contributed by atoms with Gasteiger partial charge in [0.2, 0.25) is 0 Å². The van der Waals surface area contributed by atoms with E-state index in [2.05, 4.69) is 26.0 Å². The number of hydrogen-bond donors (Lipinski definition) is 0. The van der Waals surface area contributed by atoms with Crippen molar-refractivity contribution in [2.75, 3.05) is 0 Å². The Labute approximate surface area is 92.7 Å². The Bertz CT molecular complexity index is 471. The average Bonchev–Trinajstić information content (AvgIpc) is 2.57. The lowest BCUT2D eigenvalue weighted by Gasteiger charge is -2.02. The van der Waals surface area contributed by atoms with Crippen molar-refractivity contribution < 1.29 is 4.39 Å². The molecule has 0 aliphatic heterocycles. The first-order valence-electron chi connectivity index (χ1n) is 3.70.